The smallest absolute Gasteiger partial charge is 0.417 e. The van der Waals surface area contributed by atoms with E-state index in [1.165, 1.54) is 28.6 Å². The van der Waals surface area contributed by atoms with E-state index in [2.05, 4.69) is 0 Å². The van der Waals surface area contributed by atoms with Crippen molar-refractivity contribution in [2.75, 3.05) is 26.3 Å². The second-order valence-corrected chi connectivity index (χ2v) is 10.6. The number of rotatable bonds is 4. The van der Waals surface area contributed by atoms with Crippen LogP contribution < -0.4 is 5.63 Å². The number of sulfonamides is 1. The van der Waals surface area contributed by atoms with E-state index in [9.17, 15) is 26.4 Å². The highest BCUT2D eigenvalue weighted by Gasteiger charge is 2.42. The molecular formula is C24H22F3NO6S. The number of ether oxygens (including phenoxy) is 2. The maximum atomic E-state index is 13.4. The van der Waals surface area contributed by atoms with Crippen LogP contribution in [0.25, 0.3) is 11.0 Å². The quantitative estimate of drug-likeness (QED) is 0.496. The number of nitrogens with zero attached hydrogens (tertiary/aromatic N) is 1. The Morgan fingerprint density at radius 2 is 1.54 bits per heavy atom. The fourth-order valence-corrected chi connectivity index (χ4v) is 6.01. The Labute approximate surface area is 199 Å². The normalized spacial score (nSPS) is 18.9. The van der Waals surface area contributed by atoms with Crippen LogP contribution in [0.1, 0.15) is 29.5 Å². The van der Waals surface area contributed by atoms with Crippen molar-refractivity contribution in [3.63, 3.8) is 0 Å². The van der Waals surface area contributed by atoms with E-state index in [1.807, 2.05) is 0 Å². The predicted octanol–water partition coefficient (Wildman–Crippen LogP) is 3.93. The molecule has 0 unspecified atom stereocenters. The van der Waals surface area contributed by atoms with Gasteiger partial charge in [0.05, 0.1) is 23.7 Å². The van der Waals surface area contributed by atoms with Gasteiger partial charge in [-0.2, -0.15) is 17.5 Å². The molecule has 186 valence electrons. The molecule has 3 aromatic rings. The number of alkyl halides is 3. The molecule has 7 nitrogen and oxygen atoms in total. The molecule has 0 atom stereocenters. The van der Waals surface area contributed by atoms with Crippen LogP contribution in [0.5, 0.6) is 0 Å². The molecular weight excluding hydrogens is 487 g/mol. The molecule has 11 heteroatoms. The summed E-state index contributed by atoms with van der Waals surface area (Å²) in [5.74, 6) is -0.676. The van der Waals surface area contributed by atoms with Crippen LogP contribution in [-0.2, 0) is 32.1 Å². The number of halogens is 3. The van der Waals surface area contributed by atoms with Gasteiger partial charge in [-0.25, -0.2) is 13.2 Å². The number of hydrogen-bond donors (Lipinski definition) is 0. The summed E-state index contributed by atoms with van der Waals surface area (Å²) in [5, 5.41) is -0.202. The lowest BCUT2D eigenvalue weighted by atomic mass is 10.0. The monoisotopic (exact) mass is 509 g/mol. The minimum Gasteiger partial charge on any atom is -0.423 e. The number of benzene rings is 2. The number of hydrogen-bond acceptors (Lipinski definition) is 6. The van der Waals surface area contributed by atoms with E-state index in [1.54, 1.807) is 18.2 Å². The first kappa shape index (κ1) is 24.0. The molecule has 2 saturated heterocycles. The molecule has 0 N–H and O–H groups in total. The highest BCUT2D eigenvalue weighted by molar-refractivity contribution is 7.89. The van der Waals surface area contributed by atoms with Gasteiger partial charge in [0.2, 0.25) is 10.0 Å². The van der Waals surface area contributed by atoms with Gasteiger partial charge >= 0.3 is 11.8 Å². The number of fused-ring (bicyclic) bond motifs is 1. The van der Waals surface area contributed by atoms with Crippen LogP contribution >= 0.6 is 0 Å². The van der Waals surface area contributed by atoms with Gasteiger partial charge in [-0.3, -0.25) is 0 Å². The van der Waals surface area contributed by atoms with Gasteiger partial charge in [-0.15, -0.1) is 0 Å². The zero-order valence-corrected chi connectivity index (χ0v) is 19.3. The lowest BCUT2D eigenvalue weighted by Crippen LogP contribution is -2.47. The van der Waals surface area contributed by atoms with E-state index >= 15 is 0 Å². The lowest BCUT2D eigenvalue weighted by Gasteiger charge is -2.36. The third-order valence-corrected chi connectivity index (χ3v) is 8.29. The van der Waals surface area contributed by atoms with Crippen molar-refractivity contribution < 1.29 is 35.5 Å². The van der Waals surface area contributed by atoms with Gasteiger partial charge in [0, 0.05) is 37.4 Å². The lowest BCUT2D eigenvalue weighted by molar-refractivity contribution is -0.179. The Morgan fingerprint density at radius 1 is 0.914 bits per heavy atom. The van der Waals surface area contributed by atoms with Crippen LogP contribution in [0.4, 0.5) is 13.2 Å². The minimum absolute atomic E-state index is 0.144. The topological polar surface area (TPSA) is 86.1 Å². The molecule has 0 aliphatic carbocycles. The van der Waals surface area contributed by atoms with Gasteiger partial charge < -0.3 is 13.9 Å². The highest BCUT2D eigenvalue weighted by Crippen LogP contribution is 2.35. The van der Waals surface area contributed by atoms with E-state index < -0.39 is 33.2 Å². The SMILES string of the molecule is O=c1cc(C(F)(F)F)c2cc(Cc3ccc(S(=O)(=O)N4CCC5(CC4)OCCO5)cc3)ccc2o1. The van der Waals surface area contributed by atoms with E-state index in [4.69, 9.17) is 13.9 Å². The summed E-state index contributed by atoms with van der Waals surface area (Å²) in [5.41, 5.74) is -0.984. The largest absolute Gasteiger partial charge is 0.423 e. The number of piperidine rings is 1. The first-order chi connectivity index (χ1) is 16.6. The molecule has 1 spiro atoms. The molecule has 0 radical (unpaired) electrons. The summed E-state index contributed by atoms with van der Waals surface area (Å²) < 4.78 is 83.9. The van der Waals surface area contributed by atoms with Crippen molar-refractivity contribution in [1.29, 1.82) is 0 Å². The maximum Gasteiger partial charge on any atom is 0.417 e. The molecule has 2 aliphatic rings. The Bertz CT molecular complexity index is 1400. The average molecular weight is 510 g/mol. The Balaban J connectivity index is 1.34. The zero-order valence-electron chi connectivity index (χ0n) is 18.5. The third kappa shape index (κ3) is 4.73. The molecule has 0 amide bonds. The fraction of sp³-hybridized carbons (Fsp3) is 0.375. The zero-order chi connectivity index (χ0) is 24.8. The predicted molar refractivity (Wildman–Crippen MR) is 119 cm³/mol. The first-order valence-corrected chi connectivity index (χ1v) is 12.5. The molecule has 35 heavy (non-hydrogen) atoms. The van der Waals surface area contributed by atoms with E-state index in [0.29, 0.717) is 50.8 Å². The summed E-state index contributed by atoms with van der Waals surface area (Å²) in [6, 6.07) is 11.0. The van der Waals surface area contributed by atoms with Crippen LogP contribution in [0.3, 0.4) is 0 Å². The van der Waals surface area contributed by atoms with Crippen molar-refractivity contribution in [3.05, 3.63) is 75.6 Å². The van der Waals surface area contributed by atoms with Crippen LogP contribution in [0.2, 0.25) is 0 Å². The summed E-state index contributed by atoms with van der Waals surface area (Å²) in [7, 11) is -3.70. The average Bonchev–Trinajstić information content (AvgIpc) is 3.26. The summed E-state index contributed by atoms with van der Waals surface area (Å²) in [6.07, 6.45) is -3.50. The van der Waals surface area contributed by atoms with Crippen molar-refractivity contribution in [2.24, 2.45) is 0 Å². The van der Waals surface area contributed by atoms with Gasteiger partial charge in [0.1, 0.15) is 5.58 Å². The highest BCUT2D eigenvalue weighted by atomic mass is 32.2. The molecule has 3 heterocycles. The standard InChI is InChI=1S/C24H22F3NO6S/c25-24(26,27)20-15-22(29)34-21-6-3-17(14-19(20)21)13-16-1-4-18(5-2-16)35(30,31)28-9-7-23(8-10-28)32-11-12-33-23/h1-6,14-15H,7-13H2. The Morgan fingerprint density at radius 3 is 2.17 bits per heavy atom. The van der Waals surface area contributed by atoms with Gasteiger partial charge in [-0.05, 0) is 41.8 Å². The van der Waals surface area contributed by atoms with Crippen molar-refractivity contribution in [1.82, 2.24) is 4.31 Å². The molecule has 1 aromatic heterocycles. The Kier molecular flexibility index (Phi) is 5.99. The van der Waals surface area contributed by atoms with Crippen molar-refractivity contribution in [2.45, 2.75) is 36.1 Å². The van der Waals surface area contributed by atoms with Crippen molar-refractivity contribution in [3.8, 4) is 0 Å². The van der Waals surface area contributed by atoms with Gasteiger partial charge in [0.15, 0.2) is 5.79 Å². The fourth-order valence-electron chi connectivity index (χ4n) is 4.57. The summed E-state index contributed by atoms with van der Waals surface area (Å²) >= 11 is 0. The van der Waals surface area contributed by atoms with E-state index in [-0.39, 0.29) is 22.3 Å². The van der Waals surface area contributed by atoms with Crippen molar-refractivity contribution >= 4 is 21.0 Å². The molecule has 5 rings (SSSR count). The second-order valence-electron chi connectivity index (χ2n) is 8.64. The first-order valence-electron chi connectivity index (χ1n) is 11.1. The van der Waals surface area contributed by atoms with Crippen LogP contribution in [0.15, 0.2) is 62.6 Å². The van der Waals surface area contributed by atoms with E-state index in [0.717, 1.165) is 5.56 Å². The molecule has 2 aromatic carbocycles. The molecule has 0 saturated carbocycles. The Hall–Kier alpha value is -2.73. The van der Waals surface area contributed by atoms with Gasteiger partial charge in [-0.1, -0.05) is 18.2 Å². The molecule has 2 aliphatic heterocycles. The molecule has 0 bridgehead atoms. The maximum absolute atomic E-state index is 13.4. The third-order valence-electron chi connectivity index (χ3n) is 6.38. The summed E-state index contributed by atoms with van der Waals surface area (Å²) in [6.45, 7) is 1.60. The van der Waals surface area contributed by atoms with Crippen LogP contribution in [-0.4, -0.2) is 44.8 Å². The van der Waals surface area contributed by atoms with Crippen LogP contribution in [0, 0.1) is 0 Å². The second kappa shape index (κ2) is 8.74. The summed E-state index contributed by atoms with van der Waals surface area (Å²) in [4.78, 5) is 11.6. The molecule has 2 fully saturated rings. The van der Waals surface area contributed by atoms with Gasteiger partial charge in [0.25, 0.3) is 0 Å². The minimum atomic E-state index is -4.70.